The highest BCUT2D eigenvalue weighted by atomic mass is 16.2. The highest BCUT2D eigenvalue weighted by molar-refractivity contribution is 5.95. The lowest BCUT2D eigenvalue weighted by molar-refractivity contribution is -0.136. The van der Waals surface area contributed by atoms with E-state index in [1.165, 1.54) is 11.1 Å². The molecular weight excluding hydrogens is 400 g/mol. The fourth-order valence-corrected chi connectivity index (χ4v) is 4.84. The molecule has 1 aromatic carbocycles. The fourth-order valence-electron chi connectivity index (χ4n) is 4.84. The summed E-state index contributed by atoms with van der Waals surface area (Å²) >= 11 is 0. The molecule has 0 radical (unpaired) electrons. The maximum absolute atomic E-state index is 13.3. The molecule has 6 nitrogen and oxygen atoms in total. The normalized spacial score (nSPS) is 19.2. The molecule has 0 saturated carbocycles. The van der Waals surface area contributed by atoms with Gasteiger partial charge in [-0.3, -0.25) is 9.59 Å². The number of likely N-dealkylation sites (tertiary alicyclic amines) is 1. The first-order valence-electron chi connectivity index (χ1n) is 11.4. The van der Waals surface area contributed by atoms with Crippen LogP contribution in [0, 0.1) is 12.8 Å². The second-order valence-electron chi connectivity index (χ2n) is 8.82. The van der Waals surface area contributed by atoms with Crippen molar-refractivity contribution in [3.63, 3.8) is 0 Å². The molecule has 164 valence electrons. The van der Waals surface area contributed by atoms with Crippen LogP contribution >= 0.6 is 0 Å². The summed E-state index contributed by atoms with van der Waals surface area (Å²) in [4.78, 5) is 37.6. The van der Waals surface area contributed by atoms with Crippen LogP contribution in [0.2, 0.25) is 0 Å². The van der Waals surface area contributed by atoms with Gasteiger partial charge in [0.15, 0.2) is 0 Å². The summed E-state index contributed by atoms with van der Waals surface area (Å²) in [5.41, 5.74) is 5.15. The van der Waals surface area contributed by atoms with E-state index in [2.05, 4.69) is 22.1 Å². The van der Waals surface area contributed by atoms with Gasteiger partial charge in [-0.2, -0.15) is 0 Å². The summed E-state index contributed by atoms with van der Waals surface area (Å²) in [5, 5.41) is 1.12. The molecule has 3 aromatic rings. The summed E-state index contributed by atoms with van der Waals surface area (Å²) < 4.78 is 0. The van der Waals surface area contributed by atoms with E-state index in [0.29, 0.717) is 25.2 Å². The summed E-state index contributed by atoms with van der Waals surface area (Å²) in [7, 11) is 0. The number of fused-ring (bicyclic) bond motifs is 1. The third-order valence-electron chi connectivity index (χ3n) is 6.67. The third kappa shape index (κ3) is 3.93. The number of aromatic amines is 1. The van der Waals surface area contributed by atoms with Crippen molar-refractivity contribution in [2.45, 2.75) is 26.2 Å². The first kappa shape index (κ1) is 20.5. The zero-order valence-electron chi connectivity index (χ0n) is 18.4. The topological polar surface area (TPSA) is 69.3 Å². The second-order valence-corrected chi connectivity index (χ2v) is 8.82. The van der Waals surface area contributed by atoms with Crippen LogP contribution in [0.25, 0.3) is 16.6 Å². The number of carbonyl (C=O) groups excluding carboxylic acids is 2. The van der Waals surface area contributed by atoms with Crippen LogP contribution in [0.15, 0.2) is 54.9 Å². The molecule has 2 amide bonds. The Morgan fingerprint density at radius 2 is 1.94 bits per heavy atom. The highest BCUT2D eigenvalue weighted by Crippen LogP contribution is 2.29. The third-order valence-corrected chi connectivity index (χ3v) is 6.67. The van der Waals surface area contributed by atoms with Crippen molar-refractivity contribution in [3.8, 4) is 0 Å². The number of aryl methyl sites for hydroxylation is 1. The Morgan fingerprint density at radius 1 is 1.09 bits per heavy atom. The molecule has 6 heteroatoms. The molecular formula is C26H28N4O2. The summed E-state index contributed by atoms with van der Waals surface area (Å²) in [6.07, 6.45) is 8.50. The predicted molar refractivity (Wildman–Crippen MR) is 125 cm³/mol. The molecule has 0 aliphatic carbocycles. The number of hydrogen-bond donors (Lipinski definition) is 1. The zero-order valence-corrected chi connectivity index (χ0v) is 18.4. The summed E-state index contributed by atoms with van der Waals surface area (Å²) in [6.45, 7) is 4.56. The maximum atomic E-state index is 13.3. The number of H-pyrrole nitrogens is 1. The number of nitrogens with zero attached hydrogens (tertiary/aromatic N) is 3. The molecule has 4 heterocycles. The highest BCUT2D eigenvalue weighted by Gasteiger charge is 2.32. The molecule has 0 bridgehead atoms. The largest absolute Gasteiger partial charge is 0.346 e. The van der Waals surface area contributed by atoms with Gasteiger partial charge in [-0.05, 0) is 56.0 Å². The lowest BCUT2D eigenvalue weighted by atomic mass is 9.94. The Labute approximate surface area is 187 Å². The number of benzene rings is 1. The summed E-state index contributed by atoms with van der Waals surface area (Å²) in [6, 6.07) is 11.7. The van der Waals surface area contributed by atoms with E-state index in [1.807, 2.05) is 53.3 Å². The van der Waals surface area contributed by atoms with Crippen LogP contribution in [0.5, 0.6) is 0 Å². The monoisotopic (exact) mass is 428 g/mol. The number of carbonyl (C=O) groups is 2. The molecule has 2 aromatic heterocycles. The maximum Gasteiger partial charge on any atom is 0.253 e. The van der Waals surface area contributed by atoms with E-state index >= 15 is 0 Å². The van der Waals surface area contributed by atoms with E-state index in [4.69, 9.17) is 0 Å². The van der Waals surface area contributed by atoms with Crippen molar-refractivity contribution in [3.05, 3.63) is 71.6 Å². The van der Waals surface area contributed by atoms with Crippen molar-refractivity contribution in [2.24, 2.45) is 5.92 Å². The average molecular weight is 429 g/mol. The number of aromatic nitrogens is 2. The van der Waals surface area contributed by atoms with Gasteiger partial charge in [0, 0.05) is 55.1 Å². The Kier molecular flexibility index (Phi) is 5.52. The minimum atomic E-state index is -0.120. The molecule has 0 spiro atoms. The Morgan fingerprint density at radius 3 is 2.72 bits per heavy atom. The van der Waals surface area contributed by atoms with Gasteiger partial charge in [0.1, 0.15) is 5.65 Å². The molecule has 2 aliphatic rings. The molecule has 1 unspecified atom stereocenters. The van der Waals surface area contributed by atoms with Crippen LogP contribution in [0.3, 0.4) is 0 Å². The fraction of sp³-hybridized carbons (Fsp3) is 0.346. The van der Waals surface area contributed by atoms with Crippen LogP contribution in [-0.4, -0.2) is 57.8 Å². The number of piperidine rings is 1. The van der Waals surface area contributed by atoms with Gasteiger partial charge in [-0.1, -0.05) is 23.8 Å². The van der Waals surface area contributed by atoms with Gasteiger partial charge in [-0.15, -0.1) is 0 Å². The van der Waals surface area contributed by atoms with Gasteiger partial charge >= 0.3 is 0 Å². The van der Waals surface area contributed by atoms with E-state index < -0.39 is 0 Å². The van der Waals surface area contributed by atoms with Crippen molar-refractivity contribution in [2.75, 3.05) is 26.2 Å². The van der Waals surface area contributed by atoms with Crippen molar-refractivity contribution in [1.82, 2.24) is 19.8 Å². The Bertz CT molecular complexity index is 1180. The number of nitrogens with one attached hydrogen (secondary N) is 1. The first-order valence-corrected chi connectivity index (χ1v) is 11.4. The van der Waals surface area contributed by atoms with Crippen molar-refractivity contribution >= 4 is 28.4 Å². The lowest BCUT2D eigenvalue weighted by Crippen LogP contribution is -2.47. The molecule has 32 heavy (non-hydrogen) atoms. The molecule has 1 fully saturated rings. The van der Waals surface area contributed by atoms with Gasteiger partial charge < -0.3 is 14.8 Å². The first-order chi connectivity index (χ1) is 15.6. The summed E-state index contributed by atoms with van der Waals surface area (Å²) in [5.74, 6) is 0.0731. The number of amides is 2. The van der Waals surface area contributed by atoms with E-state index in [9.17, 15) is 9.59 Å². The lowest BCUT2D eigenvalue weighted by Gasteiger charge is -2.36. The standard InChI is InChI=1S/C26H28N4O2/c1-18-6-8-20(9-7-18)25(31)30-13-3-4-21(17-30)26(32)29-14-10-19(11-15-29)23-16-28-24-22(23)5-2-12-27-24/h2,5-10,12,16,21H,3-4,11,13-15,17H2,1H3,(H,27,28). The Hall–Kier alpha value is -3.41. The molecule has 1 atom stereocenters. The van der Waals surface area contributed by atoms with Gasteiger partial charge in [0.2, 0.25) is 5.91 Å². The van der Waals surface area contributed by atoms with E-state index in [-0.39, 0.29) is 17.7 Å². The Balaban J connectivity index is 1.24. The van der Waals surface area contributed by atoms with Crippen LogP contribution < -0.4 is 0 Å². The quantitative estimate of drug-likeness (QED) is 0.685. The van der Waals surface area contributed by atoms with Crippen LogP contribution in [0.4, 0.5) is 0 Å². The van der Waals surface area contributed by atoms with Gasteiger partial charge in [0.25, 0.3) is 5.91 Å². The molecule has 1 saturated heterocycles. The second kappa shape index (κ2) is 8.61. The number of rotatable bonds is 3. The molecule has 1 N–H and O–H groups in total. The molecule has 5 rings (SSSR count). The zero-order chi connectivity index (χ0) is 22.1. The van der Waals surface area contributed by atoms with Crippen LogP contribution in [0.1, 0.15) is 40.7 Å². The van der Waals surface area contributed by atoms with Gasteiger partial charge in [0.05, 0.1) is 5.92 Å². The SMILES string of the molecule is Cc1ccc(C(=O)N2CCCC(C(=O)N3CC=C(c4c[nH]c5ncccc45)CC3)C2)cc1. The minimum Gasteiger partial charge on any atom is -0.346 e. The van der Waals surface area contributed by atoms with Crippen molar-refractivity contribution in [1.29, 1.82) is 0 Å². The average Bonchev–Trinajstić information content (AvgIpc) is 3.28. The van der Waals surface area contributed by atoms with E-state index in [0.717, 1.165) is 42.4 Å². The number of pyridine rings is 1. The predicted octanol–water partition coefficient (Wildman–Crippen LogP) is 4.04. The smallest absolute Gasteiger partial charge is 0.253 e. The number of hydrogen-bond acceptors (Lipinski definition) is 3. The minimum absolute atomic E-state index is 0.0243. The van der Waals surface area contributed by atoms with Crippen LogP contribution in [-0.2, 0) is 4.79 Å². The van der Waals surface area contributed by atoms with Gasteiger partial charge in [-0.25, -0.2) is 4.98 Å². The van der Waals surface area contributed by atoms with E-state index in [1.54, 1.807) is 6.20 Å². The molecule has 2 aliphatic heterocycles. The van der Waals surface area contributed by atoms with Crippen molar-refractivity contribution < 1.29 is 9.59 Å².